The van der Waals surface area contributed by atoms with Crippen LogP contribution in [-0.4, -0.2) is 87.0 Å². The second-order valence-corrected chi connectivity index (χ2v) is 9.42. The SMILES string of the molecule is CCN1CCCC1CNC(=NCc1nnc(C)n1C)NC1CN(C(=O)OC(C)(C)C)C1. The number of nitrogens with one attached hydrogen (secondary N) is 2. The lowest BCUT2D eigenvalue weighted by Crippen LogP contribution is -2.63. The second-order valence-electron chi connectivity index (χ2n) is 9.42. The maximum Gasteiger partial charge on any atom is 0.410 e. The Bertz CT molecular complexity index is 779. The molecule has 10 nitrogen and oxygen atoms in total. The van der Waals surface area contributed by atoms with Gasteiger partial charge in [-0.2, -0.15) is 0 Å². The van der Waals surface area contributed by atoms with Crippen LogP contribution >= 0.6 is 0 Å². The van der Waals surface area contributed by atoms with Gasteiger partial charge in [0, 0.05) is 32.7 Å². The predicted octanol–water partition coefficient (Wildman–Crippen LogP) is 1.26. The molecule has 3 rings (SSSR count). The minimum atomic E-state index is -0.482. The van der Waals surface area contributed by atoms with Crippen LogP contribution in [0.2, 0.25) is 0 Å². The number of rotatable bonds is 6. The van der Waals surface area contributed by atoms with E-state index in [1.165, 1.54) is 12.8 Å². The zero-order chi connectivity index (χ0) is 22.6. The molecular weight excluding hydrogens is 396 g/mol. The summed E-state index contributed by atoms with van der Waals surface area (Å²) in [6.45, 7) is 14.5. The molecule has 0 spiro atoms. The predicted molar refractivity (Wildman–Crippen MR) is 120 cm³/mol. The van der Waals surface area contributed by atoms with E-state index in [1.807, 2.05) is 39.3 Å². The molecule has 1 aromatic heterocycles. The number of guanidine groups is 1. The van der Waals surface area contributed by atoms with Crippen LogP contribution in [0.15, 0.2) is 4.99 Å². The Labute approximate surface area is 185 Å². The van der Waals surface area contributed by atoms with Crippen molar-refractivity contribution in [3.63, 3.8) is 0 Å². The topological polar surface area (TPSA) is 99.9 Å². The van der Waals surface area contributed by atoms with E-state index < -0.39 is 5.60 Å². The van der Waals surface area contributed by atoms with Gasteiger partial charge >= 0.3 is 6.09 Å². The summed E-state index contributed by atoms with van der Waals surface area (Å²) in [6.07, 6.45) is 2.18. The molecule has 1 unspecified atom stereocenters. The number of hydrogen-bond acceptors (Lipinski definition) is 6. The maximum atomic E-state index is 12.2. The Kier molecular flexibility index (Phi) is 7.40. The number of likely N-dealkylation sites (N-methyl/N-ethyl adjacent to an activating group) is 1. The van der Waals surface area contributed by atoms with Crippen LogP contribution < -0.4 is 10.6 Å². The number of ether oxygens (including phenoxy) is 1. The number of aromatic nitrogens is 3. The van der Waals surface area contributed by atoms with Crippen molar-refractivity contribution < 1.29 is 9.53 Å². The first kappa shape index (κ1) is 23.3. The number of nitrogens with zero attached hydrogens (tertiary/aromatic N) is 6. The third-order valence-electron chi connectivity index (χ3n) is 5.85. The standard InChI is InChI=1S/C21H38N8O2/c1-7-28-10-8-9-17(28)11-22-19(23-12-18-26-25-15(2)27(18)6)24-16-13-29(14-16)20(30)31-21(3,4)5/h16-17H,7-14H2,1-6H3,(H2,22,23,24). The van der Waals surface area contributed by atoms with Gasteiger partial charge in [-0.15, -0.1) is 10.2 Å². The van der Waals surface area contributed by atoms with Crippen LogP contribution in [0.1, 0.15) is 52.2 Å². The molecule has 0 bridgehead atoms. The molecule has 2 N–H and O–H groups in total. The van der Waals surface area contributed by atoms with Crippen LogP contribution in [-0.2, 0) is 18.3 Å². The summed E-state index contributed by atoms with van der Waals surface area (Å²) in [4.78, 5) is 21.2. The molecule has 31 heavy (non-hydrogen) atoms. The molecule has 1 atom stereocenters. The van der Waals surface area contributed by atoms with Gasteiger partial charge in [0.2, 0.25) is 0 Å². The third-order valence-corrected chi connectivity index (χ3v) is 5.85. The average Bonchev–Trinajstić information content (AvgIpc) is 3.24. The van der Waals surface area contributed by atoms with Gasteiger partial charge in [0.15, 0.2) is 11.8 Å². The largest absolute Gasteiger partial charge is 0.444 e. The Hall–Kier alpha value is -2.36. The van der Waals surface area contributed by atoms with E-state index in [0.717, 1.165) is 37.2 Å². The monoisotopic (exact) mass is 434 g/mol. The van der Waals surface area contributed by atoms with Crippen LogP contribution in [0.5, 0.6) is 0 Å². The van der Waals surface area contributed by atoms with E-state index in [2.05, 4.69) is 32.7 Å². The van der Waals surface area contributed by atoms with E-state index in [0.29, 0.717) is 25.7 Å². The summed E-state index contributed by atoms with van der Waals surface area (Å²) in [6, 6.07) is 0.666. The molecule has 2 saturated heterocycles. The average molecular weight is 435 g/mol. The number of amides is 1. The molecule has 0 radical (unpaired) electrons. The van der Waals surface area contributed by atoms with Crippen LogP contribution in [0.4, 0.5) is 4.79 Å². The molecule has 10 heteroatoms. The Morgan fingerprint density at radius 1 is 1.29 bits per heavy atom. The van der Waals surface area contributed by atoms with Gasteiger partial charge in [-0.1, -0.05) is 6.92 Å². The summed E-state index contributed by atoms with van der Waals surface area (Å²) in [5.41, 5.74) is -0.482. The Morgan fingerprint density at radius 3 is 2.65 bits per heavy atom. The lowest BCUT2D eigenvalue weighted by Gasteiger charge is -2.40. The fourth-order valence-corrected chi connectivity index (χ4v) is 3.89. The quantitative estimate of drug-likeness (QED) is 0.514. The second kappa shape index (κ2) is 9.84. The number of carbonyl (C=O) groups is 1. The third kappa shape index (κ3) is 6.32. The van der Waals surface area contributed by atoms with Crippen molar-refractivity contribution in [2.75, 3.05) is 32.7 Å². The van der Waals surface area contributed by atoms with Crippen molar-refractivity contribution in [3.05, 3.63) is 11.6 Å². The normalized spacial score (nSPS) is 20.6. The minimum Gasteiger partial charge on any atom is -0.444 e. The molecular formula is C21H38N8O2. The minimum absolute atomic E-state index is 0.144. The smallest absolute Gasteiger partial charge is 0.410 e. The number of likely N-dealkylation sites (tertiary alicyclic amines) is 2. The fraction of sp³-hybridized carbons (Fsp3) is 0.810. The van der Waals surface area contributed by atoms with E-state index >= 15 is 0 Å². The zero-order valence-corrected chi connectivity index (χ0v) is 19.8. The molecule has 2 aliphatic rings. The van der Waals surface area contributed by atoms with Crippen LogP contribution in [0.25, 0.3) is 0 Å². The Balaban J connectivity index is 1.57. The molecule has 1 amide bonds. The molecule has 3 heterocycles. The van der Waals surface area contributed by atoms with Gasteiger partial charge in [0.1, 0.15) is 18.0 Å². The van der Waals surface area contributed by atoms with Crippen LogP contribution in [0.3, 0.4) is 0 Å². The maximum absolute atomic E-state index is 12.2. The highest BCUT2D eigenvalue weighted by atomic mass is 16.6. The summed E-state index contributed by atoms with van der Waals surface area (Å²) < 4.78 is 7.39. The lowest BCUT2D eigenvalue weighted by molar-refractivity contribution is 0.00700. The summed E-state index contributed by atoms with van der Waals surface area (Å²) in [5.74, 6) is 2.43. The van der Waals surface area contributed by atoms with Gasteiger partial charge in [-0.05, 0) is 53.6 Å². The molecule has 0 aromatic carbocycles. The molecule has 2 fully saturated rings. The summed E-state index contributed by atoms with van der Waals surface area (Å²) in [5, 5.41) is 15.3. The molecule has 0 aliphatic carbocycles. The van der Waals surface area contributed by atoms with Gasteiger partial charge in [0.05, 0.1) is 6.04 Å². The van der Waals surface area contributed by atoms with Gasteiger partial charge in [-0.25, -0.2) is 9.79 Å². The first-order valence-corrected chi connectivity index (χ1v) is 11.3. The van der Waals surface area contributed by atoms with Crippen molar-refractivity contribution in [3.8, 4) is 0 Å². The number of hydrogen-bond donors (Lipinski definition) is 2. The highest BCUT2D eigenvalue weighted by Gasteiger charge is 2.34. The lowest BCUT2D eigenvalue weighted by atomic mass is 10.1. The zero-order valence-electron chi connectivity index (χ0n) is 19.8. The molecule has 2 aliphatic heterocycles. The van der Waals surface area contributed by atoms with Gasteiger partial charge < -0.3 is 24.8 Å². The number of carbonyl (C=O) groups excluding carboxylic acids is 1. The van der Waals surface area contributed by atoms with Crippen molar-refractivity contribution in [2.45, 2.75) is 71.7 Å². The first-order valence-electron chi connectivity index (χ1n) is 11.3. The van der Waals surface area contributed by atoms with Crippen molar-refractivity contribution in [1.82, 2.24) is 35.2 Å². The van der Waals surface area contributed by atoms with Gasteiger partial charge in [0.25, 0.3) is 0 Å². The Morgan fingerprint density at radius 2 is 2.03 bits per heavy atom. The summed E-state index contributed by atoms with van der Waals surface area (Å²) >= 11 is 0. The highest BCUT2D eigenvalue weighted by molar-refractivity contribution is 5.80. The fourth-order valence-electron chi connectivity index (χ4n) is 3.89. The van der Waals surface area contributed by atoms with Crippen molar-refractivity contribution in [1.29, 1.82) is 0 Å². The van der Waals surface area contributed by atoms with E-state index in [9.17, 15) is 4.79 Å². The molecule has 0 saturated carbocycles. The van der Waals surface area contributed by atoms with E-state index in [4.69, 9.17) is 9.73 Å². The van der Waals surface area contributed by atoms with E-state index in [1.54, 1.807) is 4.90 Å². The number of aliphatic imine (C=N–C) groups is 1. The number of aryl methyl sites for hydroxylation is 1. The molecule has 174 valence electrons. The first-order chi connectivity index (χ1) is 14.7. The van der Waals surface area contributed by atoms with Crippen molar-refractivity contribution in [2.24, 2.45) is 12.0 Å². The summed E-state index contributed by atoms with van der Waals surface area (Å²) in [7, 11) is 1.95. The van der Waals surface area contributed by atoms with Crippen molar-refractivity contribution >= 4 is 12.1 Å². The molecule has 1 aromatic rings. The highest BCUT2D eigenvalue weighted by Crippen LogP contribution is 2.17. The van der Waals surface area contributed by atoms with Gasteiger partial charge in [-0.3, -0.25) is 4.90 Å². The van der Waals surface area contributed by atoms with Crippen LogP contribution in [0, 0.1) is 6.92 Å². The van der Waals surface area contributed by atoms with E-state index in [-0.39, 0.29) is 12.1 Å².